The third-order valence-corrected chi connectivity index (χ3v) is 6.59. The molecule has 2 heterocycles. The molecule has 4 aromatic rings. The third-order valence-electron chi connectivity index (χ3n) is 5.79. The summed E-state index contributed by atoms with van der Waals surface area (Å²) in [6.07, 6.45) is 1.87. The van der Waals surface area contributed by atoms with Crippen LogP contribution in [-0.4, -0.2) is 21.7 Å². The Bertz CT molecular complexity index is 1390. The van der Waals surface area contributed by atoms with Crippen LogP contribution in [0.5, 0.6) is 5.88 Å². The van der Waals surface area contributed by atoms with Crippen molar-refractivity contribution in [3.8, 4) is 28.3 Å². The molecule has 0 spiro atoms. The van der Waals surface area contributed by atoms with Crippen LogP contribution in [0.4, 0.5) is 0 Å². The third kappa shape index (κ3) is 6.19. The molecular weight excluding hydrogens is 517 g/mol. The largest absolute Gasteiger partial charge is 0.478 e. The summed E-state index contributed by atoms with van der Waals surface area (Å²) in [6.45, 7) is 4.17. The van der Waals surface area contributed by atoms with Gasteiger partial charge in [-0.1, -0.05) is 65.1 Å². The Morgan fingerprint density at radius 2 is 1.56 bits per heavy atom. The first-order chi connectivity index (χ1) is 17.1. The molecule has 0 aliphatic carbocycles. The molecule has 0 amide bonds. The zero-order valence-corrected chi connectivity index (χ0v) is 22.0. The van der Waals surface area contributed by atoms with Crippen LogP contribution in [0.3, 0.4) is 0 Å². The first-order valence-electron chi connectivity index (χ1n) is 11.4. The van der Waals surface area contributed by atoms with E-state index in [0.29, 0.717) is 26.5 Å². The van der Waals surface area contributed by atoms with Crippen molar-refractivity contribution in [3.63, 3.8) is 0 Å². The van der Waals surface area contributed by atoms with Gasteiger partial charge in [-0.2, -0.15) is 0 Å². The summed E-state index contributed by atoms with van der Waals surface area (Å²) >= 11 is 18.7. The summed E-state index contributed by atoms with van der Waals surface area (Å²) in [5, 5.41) is 10.2. The molecule has 0 saturated heterocycles. The second-order valence-electron chi connectivity index (χ2n) is 9.01. The number of fused-ring (bicyclic) bond motifs is 1. The standard InChI is InChI=1S/C22H18Cl3NO.C7H6O2/c1-22(2)10-9-14-11-18(13-3-5-15(23)6-4-13)20(26-21(14)27-22)17-8-7-16(24)12-19(17)25;8-7(9)6-4-2-1-3-5-6/h3-8,11-12H,9-10H2,1-2H3;1-5H,(H,8,9). The van der Waals surface area contributed by atoms with Gasteiger partial charge in [0.2, 0.25) is 5.88 Å². The van der Waals surface area contributed by atoms with E-state index in [-0.39, 0.29) is 5.60 Å². The molecule has 0 bridgehead atoms. The molecule has 0 radical (unpaired) electrons. The fourth-order valence-corrected chi connectivity index (χ4v) is 4.49. The highest BCUT2D eigenvalue weighted by Crippen LogP contribution is 2.41. The highest BCUT2D eigenvalue weighted by Gasteiger charge is 2.29. The van der Waals surface area contributed by atoms with Crippen molar-refractivity contribution in [2.75, 3.05) is 0 Å². The maximum absolute atomic E-state index is 10.2. The predicted molar refractivity (Wildman–Crippen MR) is 147 cm³/mol. The Hall–Kier alpha value is -3.05. The lowest BCUT2D eigenvalue weighted by molar-refractivity contribution is 0.0696. The van der Waals surface area contributed by atoms with Crippen LogP contribution in [-0.2, 0) is 6.42 Å². The lowest BCUT2D eigenvalue weighted by Crippen LogP contribution is -2.33. The Labute approximate surface area is 225 Å². The molecule has 0 fully saturated rings. The fraction of sp³-hybridized carbons (Fsp3) is 0.172. The molecule has 4 nitrogen and oxygen atoms in total. The molecule has 0 saturated carbocycles. The quantitative estimate of drug-likeness (QED) is 0.282. The number of aromatic carboxylic acids is 1. The number of hydrogen-bond donors (Lipinski definition) is 1. The van der Waals surface area contributed by atoms with E-state index >= 15 is 0 Å². The van der Waals surface area contributed by atoms with E-state index in [0.717, 1.165) is 40.8 Å². The lowest BCUT2D eigenvalue weighted by atomic mass is 9.92. The number of hydrogen-bond acceptors (Lipinski definition) is 3. The highest BCUT2D eigenvalue weighted by molar-refractivity contribution is 6.36. The first-order valence-corrected chi connectivity index (χ1v) is 12.5. The average Bonchev–Trinajstić information content (AvgIpc) is 2.84. The molecule has 1 N–H and O–H groups in total. The summed E-state index contributed by atoms with van der Waals surface area (Å²) in [5.41, 5.74) is 4.82. The molecular formula is C29H24Cl3NO3. The number of pyridine rings is 1. The number of rotatable bonds is 3. The van der Waals surface area contributed by atoms with Crippen molar-refractivity contribution >= 4 is 40.8 Å². The minimum atomic E-state index is -0.879. The number of halogens is 3. The molecule has 36 heavy (non-hydrogen) atoms. The Balaban J connectivity index is 0.000000286. The smallest absolute Gasteiger partial charge is 0.335 e. The van der Waals surface area contributed by atoms with Gasteiger partial charge >= 0.3 is 5.97 Å². The van der Waals surface area contributed by atoms with Gasteiger partial charge in [0.25, 0.3) is 0 Å². The maximum atomic E-state index is 10.2. The van der Waals surface area contributed by atoms with Crippen molar-refractivity contribution in [1.82, 2.24) is 4.98 Å². The number of aryl methyl sites for hydroxylation is 1. The van der Waals surface area contributed by atoms with Gasteiger partial charge in [-0.15, -0.1) is 0 Å². The van der Waals surface area contributed by atoms with E-state index < -0.39 is 5.97 Å². The number of nitrogens with zero attached hydrogens (tertiary/aromatic N) is 1. The van der Waals surface area contributed by atoms with Crippen LogP contribution in [0.1, 0.15) is 36.2 Å². The topological polar surface area (TPSA) is 59.4 Å². The second-order valence-corrected chi connectivity index (χ2v) is 10.3. The number of carboxylic acids is 1. The zero-order chi connectivity index (χ0) is 25.9. The van der Waals surface area contributed by atoms with E-state index in [1.807, 2.05) is 36.4 Å². The Morgan fingerprint density at radius 3 is 2.17 bits per heavy atom. The van der Waals surface area contributed by atoms with Gasteiger partial charge in [0.15, 0.2) is 0 Å². The van der Waals surface area contributed by atoms with Crippen molar-refractivity contribution < 1.29 is 14.6 Å². The maximum Gasteiger partial charge on any atom is 0.335 e. The van der Waals surface area contributed by atoms with Crippen LogP contribution in [0.15, 0.2) is 78.9 Å². The van der Waals surface area contributed by atoms with Crippen LogP contribution < -0.4 is 4.74 Å². The van der Waals surface area contributed by atoms with Gasteiger partial charge in [0, 0.05) is 26.7 Å². The van der Waals surface area contributed by atoms with Crippen molar-refractivity contribution in [2.24, 2.45) is 0 Å². The van der Waals surface area contributed by atoms with Gasteiger partial charge in [-0.3, -0.25) is 0 Å². The van der Waals surface area contributed by atoms with Gasteiger partial charge in [0.05, 0.1) is 16.3 Å². The summed E-state index contributed by atoms with van der Waals surface area (Å²) in [5.74, 6) is -0.208. The summed E-state index contributed by atoms with van der Waals surface area (Å²) < 4.78 is 6.15. The van der Waals surface area contributed by atoms with E-state index in [4.69, 9.17) is 49.6 Å². The summed E-state index contributed by atoms with van der Waals surface area (Å²) in [7, 11) is 0. The fourth-order valence-electron chi connectivity index (χ4n) is 3.87. The number of carboxylic acid groups (broad SMARTS) is 1. The molecule has 5 rings (SSSR count). The molecule has 1 aliphatic rings. The Morgan fingerprint density at radius 1 is 0.889 bits per heavy atom. The Kier molecular flexibility index (Phi) is 7.89. The number of carbonyl (C=O) groups is 1. The molecule has 0 unspecified atom stereocenters. The van der Waals surface area contributed by atoms with Gasteiger partial charge in [-0.25, -0.2) is 9.78 Å². The summed E-state index contributed by atoms with van der Waals surface area (Å²) in [4.78, 5) is 15.1. The van der Waals surface area contributed by atoms with Crippen molar-refractivity contribution in [1.29, 1.82) is 0 Å². The van der Waals surface area contributed by atoms with E-state index in [9.17, 15) is 4.79 Å². The minimum absolute atomic E-state index is 0.233. The number of benzene rings is 3. The molecule has 1 aliphatic heterocycles. The average molecular weight is 541 g/mol. The van der Waals surface area contributed by atoms with Crippen LogP contribution in [0.25, 0.3) is 22.4 Å². The molecule has 1 aromatic heterocycles. The molecule has 0 atom stereocenters. The van der Waals surface area contributed by atoms with E-state index in [2.05, 4.69) is 19.9 Å². The summed E-state index contributed by atoms with van der Waals surface area (Å²) in [6, 6.07) is 23.6. The van der Waals surface area contributed by atoms with Gasteiger partial charge in [-0.05, 0) is 80.8 Å². The van der Waals surface area contributed by atoms with Gasteiger partial charge in [0.1, 0.15) is 5.60 Å². The molecule has 184 valence electrons. The number of ether oxygens (including phenoxy) is 1. The second kappa shape index (κ2) is 10.9. The number of aromatic nitrogens is 1. The molecule has 3 aromatic carbocycles. The molecule has 7 heteroatoms. The minimum Gasteiger partial charge on any atom is -0.478 e. The highest BCUT2D eigenvalue weighted by atomic mass is 35.5. The van der Waals surface area contributed by atoms with E-state index in [1.165, 1.54) is 0 Å². The lowest BCUT2D eigenvalue weighted by Gasteiger charge is -2.32. The van der Waals surface area contributed by atoms with Crippen molar-refractivity contribution in [3.05, 3.63) is 105 Å². The van der Waals surface area contributed by atoms with Gasteiger partial charge < -0.3 is 9.84 Å². The monoisotopic (exact) mass is 539 g/mol. The predicted octanol–water partition coefficient (Wildman–Crippen LogP) is 8.86. The van der Waals surface area contributed by atoms with Crippen LogP contribution in [0.2, 0.25) is 15.1 Å². The SMILES string of the molecule is CC1(C)CCc2cc(-c3ccc(Cl)cc3)c(-c3ccc(Cl)cc3Cl)nc2O1.O=C(O)c1ccccc1. The zero-order valence-electron chi connectivity index (χ0n) is 19.8. The van der Waals surface area contributed by atoms with Crippen molar-refractivity contribution in [2.45, 2.75) is 32.3 Å². The van der Waals surface area contributed by atoms with Crippen LogP contribution in [0, 0.1) is 0 Å². The van der Waals surface area contributed by atoms with Crippen LogP contribution >= 0.6 is 34.8 Å². The first kappa shape index (κ1) is 26.0. The normalized spacial score (nSPS) is 13.6. The van der Waals surface area contributed by atoms with E-state index in [1.54, 1.807) is 36.4 Å².